The topological polar surface area (TPSA) is 55.8 Å². The standard InChI is InChI=1S/C11H18O4/c1-8(6-12)4-5-9(13)10-7-14-11(2,3)15-10/h4,6,9-10,13H,5,7H2,1-3H3/b8-4+/t9-,10+/m0/s1. The van der Waals surface area contributed by atoms with E-state index in [0.717, 1.165) is 6.29 Å². The van der Waals surface area contributed by atoms with Crippen LogP contribution in [0.3, 0.4) is 0 Å². The van der Waals surface area contributed by atoms with Gasteiger partial charge in [-0.3, -0.25) is 4.79 Å². The van der Waals surface area contributed by atoms with Crippen LogP contribution in [0.1, 0.15) is 27.2 Å². The van der Waals surface area contributed by atoms with Gasteiger partial charge in [0.15, 0.2) is 5.79 Å². The molecule has 1 rings (SSSR count). The van der Waals surface area contributed by atoms with Gasteiger partial charge in [-0.05, 0) is 32.8 Å². The summed E-state index contributed by atoms with van der Waals surface area (Å²) in [6.45, 7) is 5.72. The van der Waals surface area contributed by atoms with Gasteiger partial charge in [0.2, 0.25) is 0 Å². The van der Waals surface area contributed by atoms with Gasteiger partial charge < -0.3 is 14.6 Å². The Kier molecular flexibility index (Phi) is 4.02. The summed E-state index contributed by atoms with van der Waals surface area (Å²) in [4.78, 5) is 10.3. The molecule has 86 valence electrons. The Labute approximate surface area is 89.9 Å². The van der Waals surface area contributed by atoms with Crippen LogP contribution >= 0.6 is 0 Å². The molecule has 1 aliphatic heterocycles. The molecule has 0 bridgehead atoms. The Morgan fingerprint density at radius 1 is 1.67 bits per heavy atom. The Bertz CT molecular complexity index is 257. The number of aliphatic hydroxyl groups excluding tert-OH is 1. The van der Waals surface area contributed by atoms with E-state index in [4.69, 9.17) is 9.47 Å². The average molecular weight is 214 g/mol. The number of aldehydes is 1. The van der Waals surface area contributed by atoms with E-state index >= 15 is 0 Å². The van der Waals surface area contributed by atoms with Crippen molar-refractivity contribution < 1.29 is 19.4 Å². The molecular weight excluding hydrogens is 196 g/mol. The number of ether oxygens (including phenoxy) is 2. The van der Waals surface area contributed by atoms with Crippen molar-refractivity contribution in [1.82, 2.24) is 0 Å². The molecule has 0 unspecified atom stereocenters. The molecule has 1 heterocycles. The van der Waals surface area contributed by atoms with E-state index in [2.05, 4.69) is 0 Å². The number of hydrogen-bond donors (Lipinski definition) is 1. The first-order valence-corrected chi connectivity index (χ1v) is 5.06. The van der Waals surface area contributed by atoms with Gasteiger partial charge >= 0.3 is 0 Å². The van der Waals surface area contributed by atoms with Gasteiger partial charge in [-0.25, -0.2) is 0 Å². The maximum absolute atomic E-state index is 10.3. The van der Waals surface area contributed by atoms with E-state index in [1.807, 2.05) is 13.8 Å². The van der Waals surface area contributed by atoms with Crippen LogP contribution in [0.15, 0.2) is 11.6 Å². The lowest BCUT2D eigenvalue weighted by Gasteiger charge is -2.19. The molecule has 15 heavy (non-hydrogen) atoms. The highest BCUT2D eigenvalue weighted by Crippen LogP contribution is 2.25. The lowest BCUT2D eigenvalue weighted by atomic mass is 10.1. The first kappa shape index (κ1) is 12.4. The van der Waals surface area contributed by atoms with E-state index in [-0.39, 0.29) is 6.10 Å². The quantitative estimate of drug-likeness (QED) is 0.561. The van der Waals surface area contributed by atoms with E-state index < -0.39 is 11.9 Å². The van der Waals surface area contributed by atoms with Crippen molar-refractivity contribution in [2.45, 2.75) is 45.2 Å². The van der Waals surface area contributed by atoms with Gasteiger partial charge in [-0.1, -0.05) is 6.08 Å². The number of carbonyl (C=O) groups is 1. The lowest BCUT2D eigenvalue weighted by molar-refractivity contribution is -0.150. The second-order valence-electron chi connectivity index (χ2n) is 4.24. The summed E-state index contributed by atoms with van der Waals surface area (Å²) in [6.07, 6.45) is 1.95. The van der Waals surface area contributed by atoms with E-state index in [1.54, 1.807) is 13.0 Å². The predicted octanol–water partition coefficient (Wildman–Crippen LogP) is 1.03. The van der Waals surface area contributed by atoms with Crippen molar-refractivity contribution in [2.24, 2.45) is 0 Å². The van der Waals surface area contributed by atoms with Crippen LogP contribution in [0.5, 0.6) is 0 Å². The zero-order chi connectivity index (χ0) is 11.5. The number of carbonyl (C=O) groups excluding carboxylic acids is 1. The van der Waals surface area contributed by atoms with E-state index in [0.29, 0.717) is 18.6 Å². The first-order chi connectivity index (χ1) is 6.94. The van der Waals surface area contributed by atoms with Crippen molar-refractivity contribution in [3.8, 4) is 0 Å². The van der Waals surface area contributed by atoms with Gasteiger partial charge in [0, 0.05) is 0 Å². The fourth-order valence-corrected chi connectivity index (χ4v) is 1.41. The van der Waals surface area contributed by atoms with Gasteiger partial charge in [-0.15, -0.1) is 0 Å². The Morgan fingerprint density at radius 2 is 2.33 bits per heavy atom. The highest BCUT2D eigenvalue weighted by molar-refractivity contribution is 5.71. The van der Waals surface area contributed by atoms with Crippen LogP contribution < -0.4 is 0 Å². The molecule has 0 aromatic heterocycles. The highest BCUT2D eigenvalue weighted by atomic mass is 16.7. The van der Waals surface area contributed by atoms with Crippen molar-refractivity contribution in [1.29, 1.82) is 0 Å². The zero-order valence-electron chi connectivity index (χ0n) is 9.40. The molecule has 1 saturated heterocycles. The molecule has 4 nitrogen and oxygen atoms in total. The second kappa shape index (κ2) is 4.88. The van der Waals surface area contributed by atoms with Crippen LogP contribution in [0.2, 0.25) is 0 Å². The number of allylic oxidation sites excluding steroid dienone is 1. The van der Waals surface area contributed by atoms with Crippen LogP contribution in [-0.4, -0.2) is 36.0 Å². The smallest absolute Gasteiger partial charge is 0.163 e. The van der Waals surface area contributed by atoms with Crippen LogP contribution in [-0.2, 0) is 14.3 Å². The molecule has 0 radical (unpaired) electrons. The molecule has 1 aliphatic rings. The minimum atomic E-state index is -0.623. The van der Waals surface area contributed by atoms with Crippen LogP contribution in [0.25, 0.3) is 0 Å². The van der Waals surface area contributed by atoms with Crippen molar-refractivity contribution in [3.05, 3.63) is 11.6 Å². The number of rotatable bonds is 4. The molecule has 0 saturated carbocycles. The van der Waals surface area contributed by atoms with Gasteiger partial charge in [0.25, 0.3) is 0 Å². The van der Waals surface area contributed by atoms with Crippen molar-refractivity contribution in [3.63, 3.8) is 0 Å². The fourth-order valence-electron chi connectivity index (χ4n) is 1.41. The third-order valence-electron chi connectivity index (χ3n) is 2.33. The van der Waals surface area contributed by atoms with Gasteiger partial charge in [0.05, 0.1) is 12.7 Å². The third-order valence-corrected chi connectivity index (χ3v) is 2.33. The third kappa shape index (κ3) is 3.74. The number of aliphatic hydroxyl groups is 1. The summed E-state index contributed by atoms with van der Waals surface area (Å²) in [6, 6.07) is 0. The number of hydrogen-bond acceptors (Lipinski definition) is 4. The van der Waals surface area contributed by atoms with Gasteiger partial charge in [0.1, 0.15) is 12.4 Å². The SMILES string of the molecule is C/C(C=O)=C\C[C@H](O)[C@H]1COC(C)(C)O1. The molecule has 1 N–H and O–H groups in total. The summed E-state index contributed by atoms with van der Waals surface area (Å²) in [7, 11) is 0. The molecule has 0 spiro atoms. The predicted molar refractivity (Wildman–Crippen MR) is 55.3 cm³/mol. The normalized spacial score (nSPS) is 27.7. The van der Waals surface area contributed by atoms with Crippen LogP contribution in [0, 0.1) is 0 Å². The first-order valence-electron chi connectivity index (χ1n) is 5.06. The summed E-state index contributed by atoms with van der Waals surface area (Å²) >= 11 is 0. The van der Waals surface area contributed by atoms with Gasteiger partial charge in [-0.2, -0.15) is 0 Å². The highest BCUT2D eigenvalue weighted by Gasteiger charge is 2.36. The maximum atomic E-state index is 10.3. The summed E-state index contributed by atoms with van der Waals surface area (Å²) in [5.74, 6) is -0.616. The van der Waals surface area contributed by atoms with Crippen LogP contribution in [0.4, 0.5) is 0 Å². The van der Waals surface area contributed by atoms with E-state index in [9.17, 15) is 9.90 Å². The summed E-state index contributed by atoms with van der Waals surface area (Å²) in [5.41, 5.74) is 0.618. The molecule has 0 amide bonds. The van der Waals surface area contributed by atoms with Crippen molar-refractivity contribution >= 4 is 6.29 Å². The Morgan fingerprint density at radius 3 is 2.80 bits per heavy atom. The Balaban J connectivity index is 2.42. The van der Waals surface area contributed by atoms with Crippen molar-refractivity contribution in [2.75, 3.05) is 6.61 Å². The van der Waals surface area contributed by atoms with E-state index in [1.165, 1.54) is 0 Å². The largest absolute Gasteiger partial charge is 0.390 e. The minimum absolute atomic E-state index is 0.310. The fraction of sp³-hybridized carbons (Fsp3) is 0.727. The minimum Gasteiger partial charge on any atom is -0.390 e. The second-order valence-corrected chi connectivity index (χ2v) is 4.24. The molecule has 0 aromatic rings. The lowest BCUT2D eigenvalue weighted by Crippen LogP contribution is -2.30. The molecule has 2 atom stereocenters. The summed E-state index contributed by atoms with van der Waals surface area (Å²) < 4.78 is 10.8. The molecule has 0 aromatic carbocycles. The maximum Gasteiger partial charge on any atom is 0.163 e. The average Bonchev–Trinajstić information content (AvgIpc) is 2.54. The molecule has 4 heteroatoms. The monoisotopic (exact) mass is 214 g/mol. The molecule has 0 aliphatic carbocycles. The molecule has 1 fully saturated rings. The Hall–Kier alpha value is -0.710. The zero-order valence-corrected chi connectivity index (χ0v) is 9.40. The molecular formula is C11H18O4. The summed E-state index contributed by atoms with van der Waals surface area (Å²) in [5, 5.41) is 9.76.